The smallest absolute Gasteiger partial charge is 0.410 e. The molecule has 0 aromatic carbocycles. The summed E-state index contributed by atoms with van der Waals surface area (Å²) in [5.74, 6) is -0.553. The van der Waals surface area contributed by atoms with Gasteiger partial charge in [-0.1, -0.05) is 13.8 Å². The molecular formula is C16H27NO4. The van der Waals surface area contributed by atoms with Gasteiger partial charge in [-0.3, -0.25) is 4.79 Å². The van der Waals surface area contributed by atoms with E-state index in [1.807, 2.05) is 34.6 Å². The fourth-order valence-corrected chi connectivity index (χ4v) is 3.82. The van der Waals surface area contributed by atoms with Crippen molar-refractivity contribution in [2.75, 3.05) is 13.1 Å². The third kappa shape index (κ3) is 3.33. The van der Waals surface area contributed by atoms with Crippen LogP contribution < -0.4 is 0 Å². The van der Waals surface area contributed by atoms with E-state index in [4.69, 9.17) is 4.74 Å². The highest BCUT2D eigenvalue weighted by atomic mass is 16.6. The molecule has 2 aliphatic rings. The number of aliphatic carboxylic acids is 1. The Hall–Kier alpha value is -1.26. The van der Waals surface area contributed by atoms with Crippen LogP contribution in [0.25, 0.3) is 0 Å². The minimum atomic E-state index is -0.709. The van der Waals surface area contributed by atoms with Crippen molar-refractivity contribution >= 4 is 12.1 Å². The molecule has 0 radical (unpaired) electrons. The molecule has 1 unspecified atom stereocenters. The maximum Gasteiger partial charge on any atom is 0.410 e. The second kappa shape index (κ2) is 5.18. The molecule has 0 bridgehead atoms. The third-order valence-electron chi connectivity index (χ3n) is 4.79. The van der Waals surface area contributed by atoms with Gasteiger partial charge in [-0.15, -0.1) is 0 Å². The van der Waals surface area contributed by atoms with Gasteiger partial charge in [-0.2, -0.15) is 0 Å². The SMILES string of the molecule is CC(C)(C)OC(=O)N1CCCC([C@@H]2[C@@H](C(=O)O)C2(C)C)C1. The van der Waals surface area contributed by atoms with Gasteiger partial charge in [0.1, 0.15) is 5.60 Å². The van der Waals surface area contributed by atoms with Crippen LogP contribution in [-0.2, 0) is 9.53 Å². The van der Waals surface area contributed by atoms with E-state index in [9.17, 15) is 14.7 Å². The monoisotopic (exact) mass is 297 g/mol. The van der Waals surface area contributed by atoms with Gasteiger partial charge in [-0.05, 0) is 50.9 Å². The predicted octanol–water partition coefficient (Wildman–Crippen LogP) is 2.99. The molecular weight excluding hydrogens is 270 g/mol. The number of rotatable bonds is 2. The Labute approximate surface area is 126 Å². The zero-order valence-corrected chi connectivity index (χ0v) is 13.7. The number of amides is 1. The maximum absolute atomic E-state index is 12.2. The van der Waals surface area contributed by atoms with Crippen LogP contribution in [0, 0.1) is 23.2 Å². The van der Waals surface area contributed by atoms with Crippen LogP contribution in [0.15, 0.2) is 0 Å². The van der Waals surface area contributed by atoms with Crippen molar-refractivity contribution in [2.24, 2.45) is 23.2 Å². The lowest BCUT2D eigenvalue weighted by Crippen LogP contribution is -2.43. The van der Waals surface area contributed by atoms with E-state index < -0.39 is 11.6 Å². The zero-order chi connectivity index (χ0) is 16.0. The van der Waals surface area contributed by atoms with Crippen LogP contribution >= 0.6 is 0 Å². The van der Waals surface area contributed by atoms with Crippen LogP contribution in [-0.4, -0.2) is 40.8 Å². The summed E-state index contributed by atoms with van der Waals surface area (Å²) in [4.78, 5) is 25.2. The Morgan fingerprint density at radius 2 is 1.90 bits per heavy atom. The standard InChI is InChI=1S/C16H27NO4/c1-15(2,3)21-14(20)17-8-6-7-10(9-17)11-12(13(18)19)16(11,4)5/h10-12H,6-9H2,1-5H3,(H,18,19)/t10?,11-,12+/m1/s1. The fourth-order valence-electron chi connectivity index (χ4n) is 3.82. The number of carbonyl (C=O) groups is 2. The fraction of sp³-hybridized carbons (Fsp3) is 0.875. The van der Waals surface area contributed by atoms with Crippen molar-refractivity contribution in [3.8, 4) is 0 Å². The summed E-state index contributed by atoms with van der Waals surface area (Å²) < 4.78 is 5.42. The first-order chi connectivity index (χ1) is 9.54. The number of carboxylic acid groups (broad SMARTS) is 1. The molecule has 1 aliphatic carbocycles. The molecule has 1 amide bonds. The molecule has 0 aromatic heterocycles. The number of piperidine rings is 1. The van der Waals surface area contributed by atoms with Crippen LogP contribution in [0.5, 0.6) is 0 Å². The van der Waals surface area contributed by atoms with Crippen LogP contribution in [0.4, 0.5) is 4.79 Å². The summed E-state index contributed by atoms with van der Waals surface area (Å²) in [6, 6.07) is 0. The van der Waals surface area contributed by atoms with Crippen molar-refractivity contribution in [1.29, 1.82) is 0 Å². The second-order valence-electron chi connectivity index (χ2n) is 7.99. The highest BCUT2D eigenvalue weighted by Crippen LogP contribution is 2.63. The van der Waals surface area contributed by atoms with E-state index in [1.165, 1.54) is 0 Å². The molecule has 5 nitrogen and oxygen atoms in total. The molecule has 5 heteroatoms. The van der Waals surface area contributed by atoms with Crippen LogP contribution in [0.1, 0.15) is 47.5 Å². The van der Waals surface area contributed by atoms with Crippen molar-refractivity contribution in [3.63, 3.8) is 0 Å². The molecule has 0 spiro atoms. The number of hydrogen-bond acceptors (Lipinski definition) is 3. The van der Waals surface area contributed by atoms with Gasteiger partial charge in [0.05, 0.1) is 5.92 Å². The summed E-state index contributed by atoms with van der Waals surface area (Å²) in [5.41, 5.74) is -0.653. The molecule has 1 saturated heterocycles. The Morgan fingerprint density at radius 3 is 2.38 bits per heavy atom. The molecule has 2 fully saturated rings. The van der Waals surface area contributed by atoms with Gasteiger partial charge >= 0.3 is 12.1 Å². The van der Waals surface area contributed by atoms with Gasteiger partial charge in [-0.25, -0.2) is 4.79 Å². The lowest BCUT2D eigenvalue weighted by molar-refractivity contribution is -0.139. The lowest BCUT2D eigenvalue weighted by Gasteiger charge is -2.34. The molecule has 0 aromatic rings. The highest BCUT2D eigenvalue weighted by Gasteiger charge is 2.64. The second-order valence-corrected chi connectivity index (χ2v) is 7.99. The molecule has 1 heterocycles. The van der Waals surface area contributed by atoms with Gasteiger partial charge in [0.25, 0.3) is 0 Å². The normalized spacial score (nSPS) is 31.7. The highest BCUT2D eigenvalue weighted by molar-refractivity contribution is 5.75. The Balaban J connectivity index is 1.99. The largest absolute Gasteiger partial charge is 0.481 e. The number of nitrogens with zero attached hydrogens (tertiary/aromatic N) is 1. The molecule has 120 valence electrons. The number of carbonyl (C=O) groups excluding carboxylic acids is 1. The average molecular weight is 297 g/mol. The van der Waals surface area contributed by atoms with E-state index >= 15 is 0 Å². The van der Waals surface area contributed by atoms with Crippen LogP contribution in [0.3, 0.4) is 0 Å². The molecule has 1 N–H and O–H groups in total. The summed E-state index contributed by atoms with van der Waals surface area (Å²) in [6.07, 6.45) is 1.64. The summed E-state index contributed by atoms with van der Waals surface area (Å²) in [7, 11) is 0. The van der Waals surface area contributed by atoms with Gasteiger partial charge < -0.3 is 14.7 Å². The summed E-state index contributed by atoms with van der Waals surface area (Å²) in [6.45, 7) is 10.9. The summed E-state index contributed by atoms with van der Waals surface area (Å²) >= 11 is 0. The zero-order valence-electron chi connectivity index (χ0n) is 13.7. The van der Waals surface area contributed by atoms with Crippen molar-refractivity contribution < 1.29 is 19.4 Å². The number of hydrogen-bond donors (Lipinski definition) is 1. The first kappa shape index (κ1) is 16.1. The summed E-state index contributed by atoms with van der Waals surface area (Å²) in [5, 5.41) is 9.31. The molecule has 3 atom stereocenters. The van der Waals surface area contributed by atoms with E-state index in [1.54, 1.807) is 4.90 Å². The number of likely N-dealkylation sites (tertiary alicyclic amines) is 1. The number of ether oxygens (including phenoxy) is 1. The molecule has 1 aliphatic heterocycles. The van der Waals surface area contributed by atoms with E-state index in [0.29, 0.717) is 13.1 Å². The first-order valence-corrected chi connectivity index (χ1v) is 7.75. The average Bonchev–Trinajstić information content (AvgIpc) is 2.90. The molecule has 21 heavy (non-hydrogen) atoms. The predicted molar refractivity (Wildman–Crippen MR) is 78.9 cm³/mol. The van der Waals surface area contributed by atoms with E-state index in [2.05, 4.69) is 0 Å². The lowest BCUT2D eigenvalue weighted by atomic mass is 9.89. The van der Waals surface area contributed by atoms with E-state index in [0.717, 1.165) is 12.8 Å². The van der Waals surface area contributed by atoms with Crippen LogP contribution in [0.2, 0.25) is 0 Å². The van der Waals surface area contributed by atoms with Crippen molar-refractivity contribution in [3.05, 3.63) is 0 Å². The van der Waals surface area contributed by atoms with Gasteiger partial charge in [0.2, 0.25) is 0 Å². The topological polar surface area (TPSA) is 66.8 Å². The Bertz CT molecular complexity index is 438. The number of carboxylic acids is 1. The van der Waals surface area contributed by atoms with Gasteiger partial charge in [0.15, 0.2) is 0 Å². The quantitative estimate of drug-likeness (QED) is 0.851. The van der Waals surface area contributed by atoms with Crippen molar-refractivity contribution in [1.82, 2.24) is 4.90 Å². The van der Waals surface area contributed by atoms with Crippen molar-refractivity contribution in [2.45, 2.75) is 53.1 Å². The molecule has 1 saturated carbocycles. The minimum absolute atomic E-state index is 0.159. The maximum atomic E-state index is 12.2. The minimum Gasteiger partial charge on any atom is -0.481 e. The Morgan fingerprint density at radius 1 is 1.29 bits per heavy atom. The molecule has 2 rings (SSSR count). The van der Waals surface area contributed by atoms with Gasteiger partial charge in [0, 0.05) is 13.1 Å². The first-order valence-electron chi connectivity index (χ1n) is 7.75. The third-order valence-corrected chi connectivity index (χ3v) is 4.79. The Kier molecular flexibility index (Phi) is 3.98. The van der Waals surface area contributed by atoms with E-state index in [-0.39, 0.29) is 29.3 Å².